The van der Waals surface area contributed by atoms with Crippen molar-refractivity contribution >= 4 is 17.2 Å². The second kappa shape index (κ2) is 10.9. The zero-order chi connectivity index (χ0) is 20.5. The number of halogens is 1. The molecule has 1 heterocycles. The number of carbonyl (C=O) groups excluding carboxylic acids is 1. The summed E-state index contributed by atoms with van der Waals surface area (Å²) < 4.78 is 23.9. The van der Waals surface area contributed by atoms with Gasteiger partial charge in [0.15, 0.2) is 0 Å². The first-order valence-electron chi connectivity index (χ1n) is 9.53. The van der Waals surface area contributed by atoms with Gasteiger partial charge in [0, 0.05) is 18.0 Å². The molecule has 152 valence electrons. The van der Waals surface area contributed by atoms with Crippen LogP contribution in [0.2, 0.25) is 0 Å². The van der Waals surface area contributed by atoms with Crippen molar-refractivity contribution in [1.29, 1.82) is 0 Å². The van der Waals surface area contributed by atoms with E-state index < -0.39 is 0 Å². The molecule has 0 saturated carbocycles. The molecule has 0 spiro atoms. The molecule has 1 amide bonds. The molecule has 0 aliphatic rings. The number of hydrogen-bond donors (Lipinski definition) is 1. The SMILES string of the molecule is CCOCCOCc1cccc(CNC(=O)c2ccc(-c3ccc(F)cc3)s2)c1. The smallest absolute Gasteiger partial charge is 0.261 e. The average molecular weight is 414 g/mol. The molecule has 3 rings (SSSR count). The Balaban J connectivity index is 1.51. The summed E-state index contributed by atoms with van der Waals surface area (Å²) in [5.41, 5.74) is 2.97. The van der Waals surface area contributed by atoms with E-state index in [4.69, 9.17) is 9.47 Å². The maximum Gasteiger partial charge on any atom is 0.261 e. The van der Waals surface area contributed by atoms with Crippen LogP contribution in [0, 0.1) is 5.82 Å². The molecule has 0 aliphatic carbocycles. The van der Waals surface area contributed by atoms with Crippen LogP contribution in [0.5, 0.6) is 0 Å². The Hall–Kier alpha value is -2.54. The quantitative estimate of drug-likeness (QED) is 0.474. The minimum atomic E-state index is -0.273. The second-order valence-electron chi connectivity index (χ2n) is 6.42. The number of ether oxygens (including phenoxy) is 2. The lowest BCUT2D eigenvalue weighted by molar-refractivity contribution is 0.0453. The largest absolute Gasteiger partial charge is 0.379 e. The highest BCUT2D eigenvalue weighted by Gasteiger charge is 2.10. The number of hydrogen-bond acceptors (Lipinski definition) is 4. The van der Waals surface area contributed by atoms with Gasteiger partial charge in [0.25, 0.3) is 5.91 Å². The first kappa shape index (κ1) is 21.2. The Labute approximate surface area is 174 Å². The van der Waals surface area contributed by atoms with Crippen molar-refractivity contribution < 1.29 is 18.7 Å². The minimum Gasteiger partial charge on any atom is -0.379 e. The van der Waals surface area contributed by atoms with Crippen molar-refractivity contribution in [1.82, 2.24) is 5.32 Å². The van der Waals surface area contributed by atoms with Gasteiger partial charge in [-0.15, -0.1) is 11.3 Å². The fourth-order valence-electron chi connectivity index (χ4n) is 2.78. The molecule has 0 aliphatic heterocycles. The van der Waals surface area contributed by atoms with E-state index in [1.165, 1.54) is 23.5 Å². The Morgan fingerprint density at radius 2 is 1.76 bits per heavy atom. The van der Waals surface area contributed by atoms with Crippen LogP contribution in [0.3, 0.4) is 0 Å². The van der Waals surface area contributed by atoms with Crippen molar-refractivity contribution in [3.63, 3.8) is 0 Å². The highest BCUT2D eigenvalue weighted by molar-refractivity contribution is 7.17. The summed E-state index contributed by atoms with van der Waals surface area (Å²) in [6.45, 7) is 4.75. The third-order valence-electron chi connectivity index (χ3n) is 4.25. The molecule has 4 nitrogen and oxygen atoms in total. The minimum absolute atomic E-state index is 0.123. The summed E-state index contributed by atoms with van der Waals surface area (Å²) in [5, 5.41) is 2.95. The molecular weight excluding hydrogens is 389 g/mol. The van der Waals surface area contributed by atoms with Gasteiger partial charge in [-0.3, -0.25) is 4.79 Å². The Morgan fingerprint density at radius 3 is 2.55 bits per heavy atom. The summed E-state index contributed by atoms with van der Waals surface area (Å²) in [4.78, 5) is 14.0. The molecule has 0 radical (unpaired) electrons. The van der Waals surface area contributed by atoms with Gasteiger partial charge in [0.05, 0.1) is 24.7 Å². The van der Waals surface area contributed by atoms with E-state index in [-0.39, 0.29) is 11.7 Å². The lowest BCUT2D eigenvalue weighted by atomic mass is 10.1. The standard InChI is InChI=1S/C23H24FNO3S/c1-2-27-12-13-28-16-18-5-3-4-17(14-18)15-25-23(26)22-11-10-21(29-22)19-6-8-20(24)9-7-19/h3-11,14H,2,12-13,15-16H2,1H3,(H,25,26). The van der Waals surface area contributed by atoms with E-state index in [1.54, 1.807) is 18.2 Å². The summed E-state index contributed by atoms with van der Waals surface area (Å²) >= 11 is 1.39. The van der Waals surface area contributed by atoms with Gasteiger partial charge in [0.2, 0.25) is 0 Å². The molecule has 0 saturated heterocycles. The van der Waals surface area contributed by atoms with E-state index in [2.05, 4.69) is 5.32 Å². The van der Waals surface area contributed by atoms with Gasteiger partial charge in [-0.25, -0.2) is 4.39 Å². The molecule has 0 bridgehead atoms. The molecule has 2 aromatic carbocycles. The first-order chi connectivity index (χ1) is 14.2. The van der Waals surface area contributed by atoms with Gasteiger partial charge in [-0.2, -0.15) is 0 Å². The van der Waals surface area contributed by atoms with Crippen molar-refractivity contribution in [3.8, 4) is 10.4 Å². The van der Waals surface area contributed by atoms with E-state index in [0.29, 0.717) is 37.8 Å². The van der Waals surface area contributed by atoms with E-state index in [9.17, 15) is 9.18 Å². The van der Waals surface area contributed by atoms with Gasteiger partial charge >= 0.3 is 0 Å². The summed E-state index contributed by atoms with van der Waals surface area (Å²) in [5.74, 6) is -0.396. The highest BCUT2D eigenvalue weighted by Crippen LogP contribution is 2.28. The Morgan fingerprint density at radius 1 is 1.00 bits per heavy atom. The van der Waals surface area contributed by atoms with E-state index >= 15 is 0 Å². The Bertz CT molecular complexity index is 924. The third kappa shape index (κ3) is 6.49. The fraction of sp³-hybridized carbons (Fsp3) is 0.261. The average Bonchev–Trinajstić information content (AvgIpc) is 3.23. The molecule has 1 N–H and O–H groups in total. The van der Waals surface area contributed by atoms with Crippen molar-refractivity contribution in [2.75, 3.05) is 19.8 Å². The monoisotopic (exact) mass is 413 g/mol. The number of thiophene rings is 1. The number of rotatable bonds is 10. The van der Waals surface area contributed by atoms with E-state index in [0.717, 1.165) is 21.6 Å². The molecule has 0 atom stereocenters. The zero-order valence-corrected chi connectivity index (χ0v) is 17.1. The summed E-state index contributed by atoms with van der Waals surface area (Å²) in [6, 6.07) is 17.9. The molecule has 0 unspecified atom stereocenters. The molecule has 0 fully saturated rings. The van der Waals surface area contributed by atoms with Crippen molar-refractivity contribution in [3.05, 3.63) is 82.5 Å². The molecule has 29 heavy (non-hydrogen) atoms. The Kier molecular flexibility index (Phi) is 7.93. The normalized spacial score (nSPS) is 10.8. The lowest BCUT2D eigenvalue weighted by Gasteiger charge is -2.08. The highest BCUT2D eigenvalue weighted by atomic mass is 32.1. The lowest BCUT2D eigenvalue weighted by Crippen LogP contribution is -2.21. The van der Waals surface area contributed by atoms with E-state index in [1.807, 2.05) is 37.3 Å². The van der Waals surface area contributed by atoms with Gasteiger partial charge in [0.1, 0.15) is 5.82 Å². The predicted molar refractivity (Wildman–Crippen MR) is 113 cm³/mol. The van der Waals surface area contributed by atoms with Gasteiger partial charge < -0.3 is 14.8 Å². The fourth-order valence-corrected chi connectivity index (χ4v) is 3.71. The summed E-state index contributed by atoms with van der Waals surface area (Å²) in [7, 11) is 0. The van der Waals surface area contributed by atoms with Crippen LogP contribution in [0.25, 0.3) is 10.4 Å². The van der Waals surface area contributed by atoms with Crippen LogP contribution in [0.1, 0.15) is 27.7 Å². The summed E-state index contributed by atoms with van der Waals surface area (Å²) in [6.07, 6.45) is 0. The first-order valence-corrected chi connectivity index (χ1v) is 10.3. The van der Waals surface area contributed by atoms with Crippen LogP contribution >= 0.6 is 11.3 Å². The number of benzene rings is 2. The van der Waals surface area contributed by atoms with Crippen LogP contribution < -0.4 is 5.32 Å². The maximum absolute atomic E-state index is 13.1. The van der Waals surface area contributed by atoms with Crippen molar-refractivity contribution in [2.45, 2.75) is 20.1 Å². The topological polar surface area (TPSA) is 47.6 Å². The van der Waals surface area contributed by atoms with Gasteiger partial charge in [-0.05, 0) is 47.9 Å². The zero-order valence-electron chi connectivity index (χ0n) is 16.3. The second-order valence-corrected chi connectivity index (χ2v) is 7.51. The number of nitrogens with one attached hydrogen (secondary N) is 1. The molecule has 3 aromatic rings. The maximum atomic E-state index is 13.1. The van der Waals surface area contributed by atoms with Gasteiger partial charge in [-0.1, -0.05) is 36.4 Å². The molecular formula is C23H24FNO3S. The number of amides is 1. The van der Waals surface area contributed by atoms with Crippen molar-refractivity contribution in [2.24, 2.45) is 0 Å². The van der Waals surface area contributed by atoms with Crippen LogP contribution in [0.15, 0.2) is 60.7 Å². The van der Waals surface area contributed by atoms with Crippen LogP contribution in [-0.4, -0.2) is 25.7 Å². The third-order valence-corrected chi connectivity index (χ3v) is 5.38. The van der Waals surface area contributed by atoms with Crippen LogP contribution in [0.4, 0.5) is 4.39 Å². The van der Waals surface area contributed by atoms with Crippen LogP contribution in [-0.2, 0) is 22.6 Å². The number of carbonyl (C=O) groups is 1. The molecule has 6 heteroatoms. The predicted octanol–water partition coefficient (Wildman–Crippen LogP) is 5.04. The molecule has 1 aromatic heterocycles.